The molecule has 2 aromatic heterocycles. The molecule has 1 N–H and O–H groups in total. The Hall–Kier alpha value is -2.88. The van der Waals surface area contributed by atoms with Gasteiger partial charge in [0.15, 0.2) is 22.2 Å². The van der Waals surface area contributed by atoms with Crippen LogP contribution in [0.5, 0.6) is 5.75 Å². The van der Waals surface area contributed by atoms with Crippen LogP contribution >= 0.6 is 34.7 Å². The smallest absolute Gasteiger partial charge is 0.236 e. The summed E-state index contributed by atoms with van der Waals surface area (Å²) in [6, 6.07) is 10.1. The van der Waals surface area contributed by atoms with Crippen LogP contribution in [-0.4, -0.2) is 31.4 Å². The Balaban J connectivity index is 1.38. The number of aromatic nitrogens is 4. The number of anilines is 1. The van der Waals surface area contributed by atoms with E-state index in [1.807, 2.05) is 55.8 Å². The predicted octanol–water partition coefficient (Wildman–Crippen LogP) is 7.18. The van der Waals surface area contributed by atoms with Gasteiger partial charge in [-0.3, -0.25) is 4.79 Å². The Labute approximate surface area is 230 Å². The normalized spacial score (nSPS) is 12.0. The summed E-state index contributed by atoms with van der Waals surface area (Å²) in [7, 11) is 0. The van der Waals surface area contributed by atoms with E-state index in [1.165, 1.54) is 34.2 Å². The summed E-state index contributed by atoms with van der Waals surface area (Å²) in [6.07, 6.45) is -0.324. The van der Waals surface area contributed by atoms with Crippen molar-refractivity contribution in [3.05, 3.63) is 68.8 Å². The van der Waals surface area contributed by atoms with E-state index in [0.29, 0.717) is 22.7 Å². The van der Waals surface area contributed by atoms with Crippen LogP contribution in [0.3, 0.4) is 0 Å². The van der Waals surface area contributed by atoms with Gasteiger partial charge in [-0.2, -0.15) is 0 Å². The van der Waals surface area contributed by atoms with Crippen LogP contribution in [0, 0.1) is 27.7 Å². The molecule has 0 bridgehead atoms. The van der Waals surface area contributed by atoms with Crippen molar-refractivity contribution >= 4 is 45.7 Å². The van der Waals surface area contributed by atoms with Crippen LogP contribution in [0.4, 0.5) is 5.13 Å². The summed E-state index contributed by atoms with van der Waals surface area (Å²) in [5.41, 5.74) is 6.27. The molecule has 0 saturated heterocycles. The molecule has 1 amide bonds. The number of halogens is 1. The number of nitrogens with zero attached hydrogens (tertiary/aromatic N) is 4. The van der Waals surface area contributed by atoms with Crippen molar-refractivity contribution in [2.45, 2.75) is 59.3 Å². The molecule has 0 spiro atoms. The molecular formula is C27H30ClN5O2S2. The number of benzene rings is 2. The number of thioether (sulfide) groups is 1. The molecule has 0 aliphatic carbocycles. The van der Waals surface area contributed by atoms with E-state index in [2.05, 4.69) is 46.5 Å². The lowest BCUT2D eigenvalue weighted by molar-refractivity contribution is -0.113. The van der Waals surface area contributed by atoms with Crippen LogP contribution < -0.4 is 10.1 Å². The minimum Gasteiger partial charge on any atom is -0.483 e. The third kappa shape index (κ3) is 6.34. The van der Waals surface area contributed by atoms with Gasteiger partial charge in [0.05, 0.1) is 11.4 Å². The molecule has 0 radical (unpaired) electrons. The minimum absolute atomic E-state index is 0.144. The molecule has 2 aromatic carbocycles. The van der Waals surface area contributed by atoms with Gasteiger partial charge >= 0.3 is 0 Å². The first kappa shape index (κ1) is 27.2. The van der Waals surface area contributed by atoms with Crippen molar-refractivity contribution in [3.63, 3.8) is 0 Å². The van der Waals surface area contributed by atoms with Gasteiger partial charge in [0.25, 0.3) is 0 Å². The Kier molecular flexibility index (Phi) is 8.56. The first-order valence-corrected chi connectivity index (χ1v) is 14.2. The molecule has 1 atom stereocenters. The summed E-state index contributed by atoms with van der Waals surface area (Å²) in [6.45, 7) is 12.7. The van der Waals surface area contributed by atoms with Gasteiger partial charge in [-0.05, 0) is 82.0 Å². The SMILES string of the molecule is CCn1c(SCC(=O)Nc2nc(-c3ccc(C)c(C)c3)cs2)nnc1C(C)Oc1cc(C)c(Cl)c(C)c1. The largest absolute Gasteiger partial charge is 0.483 e. The third-order valence-electron chi connectivity index (χ3n) is 6.03. The zero-order valence-electron chi connectivity index (χ0n) is 21.8. The topological polar surface area (TPSA) is 81.9 Å². The molecule has 10 heteroatoms. The number of carbonyl (C=O) groups is 1. The van der Waals surface area contributed by atoms with E-state index in [9.17, 15) is 4.79 Å². The number of hydrogen-bond donors (Lipinski definition) is 1. The predicted molar refractivity (Wildman–Crippen MR) is 152 cm³/mol. The quantitative estimate of drug-likeness (QED) is 0.220. The number of amides is 1. The van der Waals surface area contributed by atoms with Crippen LogP contribution in [-0.2, 0) is 11.3 Å². The highest BCUT2D eigenvalue weighted by Crippen LogP contribution is 2.30. The number of carbonyl (C=O) groups excluding carboxylic acids is 1. The highest BCUT2D eigenvalue weighted by molar-refractivity contribution is 7.99. The molecule has 0 fully saturated rings. The van der Waals surface area contributed by atoms with E-state index < -0.39 is 0 Å². The lowest BCUT2D eigenvalue weighted by Gasteiger charge is -2.17. The number of nitrogens with one attached hydrogen (secondary N) is 1. The zero-order valence-corrected chi connectivity index (χ0v) is 24.1. The number of thiazole rings is 1. The highest BCUT2D eigenvalue weighted by Gasteiger charge is 2.20. The number of aryl methyl sites for hydroxylation is 4. The average Bonchev–Trinajstić information content (AvgIpc) is 3.49. The molecule has 37 heavy (non-hydrogen) atoms. The van der Waals surface area contributed by atoms with Crippen molar-refractivity contribution in [3.8, 4) is 17.0 Å². The van der Waals surface area contributed by atoms with Gasteiger partial charge in [-0.1, -0.05) is 35.5 Å². The van der Waals surface area contributed by atoms with Gasteiger partial charge in [-0.25, -0.2) is 4.98 Å². The van der Waals surface area contributed by atoms with Gasteiger partial charge in [0.2, 0.25) is 5.91 Å². The summed E-state index contributed by atoms with van der Waals surface area (Å²) in [5, 5.41) is 15.5. The number of rotatable bonds is 9. The lowest BCUT2D eigenvalue weighted by Crippen LogP contribution is -2.15. The van der Waals surface area contributed by atoms with Crippen LogP contribution in [0.15, 0.2) is 40.9 Å². The fraction of sp³-hybridized carbons (Fsp3) is 0.333. The maximum absolute atomic E-state index is 12.6. The van der Waals surface area contributed by atoms with Gasteiger partial charge in [0, 0.05) is 22.5 Å². The van der Waals surface area contributed by atoms with E-state index >= 15 is 0 Å². The summed E-state index contributed by atoms with van der Waals surface area (Å²) in [4.78, 5) is 17.2. The van der Waals surface area contributed by atoms with Crippen molar-refractivity contribution in [2.75, 3.05) is 11.1 Å². The number of ether oxygens (including phenoxy) is 1. The maximum Gasteiger partial charge on any atom is 0.236 e. The Bertz CT molecular complexity index is 1410. The third-order valence-corrected chi connectivity index (χ3v) is 8.35. The maximum atomic E-state index is 12.6. The molecule has 0 aliphatic rings. The average molecular weight is 556 g/mol. The van der Waals surface area contributed by atoms with E-state index in [-0.39, 0.29) is 17.8 Å². The molecule has 0 saturated carbocycles. The van der Waals surface area contributed by atoms with E-state index in [1.54, 1.807) is 0 Å². The molecule has 7 nitrogen and oxygen atoms in total. The zero-order chi connectivity index (χ0) is 26.7. The fourth-order valence-electron chi connectivity index (χ4n) is 3.89. The second kappa shape index (κ2) is 11.7. The van der Waals surface area contributed by atoms with Crippen molar-refractivity contribution in [2.24, 2.45) is 0 Å². The molecule has 4 aromatic rings. The van der Waals surface area contributed by atoms with Gasteiger partial charge < -0.3 is 14.6 Å². The Morgan fingerprint density at radius 1 is 1.11 bits per heavy atom. The standard InChI is InChI=1S/C27H30ClN5O2S2/c1-7-33-25(19(6)35-21-11-17(4)24(28)18(5)12-21)31-32-27(33)37-14-23(34)30-26-29-22(13-36-26)20-9-8-15(2)16(3)10-20/h8-13,19H,7,14H2,1-6H3,(H,29,30,34). The summed E-state index contributed by atoms with van der Waals surface area (Å²) < 4.78 is 8.12. The van der Waals surface area contributed by atoms with Crippen LogP contribution in [0.25, 0.3) is 11.3 Å². The van der Waals surface area contributed by atoms with Crippen molar-refractivity contribution < 1.29 is 9.53 Å². The number of hydrogen-bond acceptors (Lipinski definition) is 7. The van der Waals surface area contributed by atoms with Crippen molar-refractivity contribution in [1.82, 2.24) is 19.7 Å². The first-order chi connectivity index (χ1) is 17.7. The highest BCUT2D eigenvalue weighted by atomic mass is 35.5. The Morgan fingerprint density at radius 3 is 2.51 bits per heavy atom. The first-order valence-electron chi connectivity index (χ1n) is 12.0. The molecular weight excluding hydrogens is 526 g/mol. The van der Waals surface area contributed by atoms with Crippen molar-refractivity contribution in [1.29, 1.82) is 0 Å². The molecule has 0 aliphatic heterocycles. The van der Waals surface area contributed by atoms with Gasteiger partial charge in [-0.15, -0.1) is 21.5 Å². The van der Waals surface area contributed by atoms with E-state index in [0.717, 1.165) is 33.2 Å². The summed E-state index contributed by atoms with van der Waals surface area (Å²) in [5.74, 6) is 1.49. The monoisotopic (exact) mass is 555 g/mol. The summed E-state index contributed by atoms with van der Waals surface area (Å²) >= 11 is 9.04. The molecule has 4 rings (SSSR count). The lowest BCUT2D eigenvalue weighted by atomic mass is 10.1. The molecule has 1 unspecified atom stereocenters. The molecule has 2 heterocycles. The van der Waals surface area contributed by atoms with Crippen LogP contribution in [0.2, 0.25) is 5.02 Å². The van der Waals surface area contributed by atoms with Gasteiger partial charge in [0.1, 0.15) is 5.75 Å². The van der Waals surface area contributed by atoms with E-state index in [4.69, 9.17) is 16.3 Å². The van der Waals surface area contributed by atoms with Crippen LogP contribution in [0.1, 0.15) is 48.0 Å². The minimum atomic E-state index is -0.324. The molecule has 194 valence electrons. The fourth-order valence-corrected chi connectivity index (χ4v) is 5.54. The second-order valence-electron chi connectivity index (χ2n) is 8.89. The Morgan fingerprint density at radius 2 is 1.84 bits per heavy atom. The second-order valence-corrected chi connectivity index (χ2v) is 11.1.